The minimum Gasteiger partial charge on any atom is -0.460 e. The van der Waals surface area contributed by atoms with E-state index in [2.05, 4.69) is 4.98 Å². The lowest BCUT2D eigenvalue weighted by Gasteiger charge is -2.07. The SMILES string of the molecule is CCOC(=O)C([N+]#N)c1ccccc1C(=O)c1ccc([N+](=O)[O-])cc1. The zero-order valence-corrected chi connectivity index (χ0v) is 13.3. The Balaban J connectivity index is 2.42. The third-order valence-corrected chi connectivity index (χ3v) is 3.47. The van der Waals surface area contributed by atoms with Crippen LogP contribution in [0.25, 0.3) is 4.98 Å². The molecule has 0 amide bonds. The van der Waals surface area contributed by atoms with Gasteiger partial charge in [0.2, 0.25) is 5.39 Å². The number of hydrogen-bond donors (Lipinski definition) is 0. The minimum atomic E-state index is -1.35. The van der Waals surface area contributed by atoms with E-state index in [1.165, 1.54) is 36.4 Å². The van der Waals surface area contributed by atoms with Gasteiger partial charge in [0.25, 0.3) is 5.69 Å². The van der Waals surface area contributed by atoms with Crippen molar-refractivity contribution < 1.29 is 19.2 Å². The minimum absolute atomic E-state index is 0.101. The molecule has 8 heteroatoms. The summed E-state index contributed by atoms with van der Waals surface area (Å²) in [5, 5.41) is 19.9. The molecule has 0 radical (unpaired) electrons. The number of carbonyl (C=O) groups is 2. The Kier molecular flexibility index (Phi) is 5.53. The fourth-order valence-electron chi connectivity index (χ4n) is 2.29. The largest absolute Gasteiger partial charge is 0.460 e. The van der Waals surface area contributed by atoms with Crippen molar-refractivity contribution in [3.05, 3.63) is 80.3 Å². The molecule has 8 nitrogen and oxygen atoms in total. The summed E-state index contributed by atoms with van der Waals surface area (Å²) < 4.78 is 4.85. The summed E-state index contributed by atoms with van der Waals surface area (Å²) in [6, 6.07) is 9.90. The number of ketones is 1. The van der Waals surface area contributed by atoms with Gasteiger partial charge in [-0.2, -0.15) is 0 Å². The number of nitro benzene ring substituents is 1. The molecule has 0 bridgehead atoms. The predicted octanol–water partition coefficient (Wildman–Crippen LogP) is 3.28. The first-order valence-corrected chi connectivity index (χ1v) is 7.38. The van der Waals surface area contributed by atoms with Gasteiger partial charge in [-0.05, 0) is 25.1 Å². The van der Waals surface area contributed by atoms with Gasteiger partial charge in [-0.1, -0.05) is 18.2 Å². The molecule has 1 unspecified atom stereocenters. The maximum atomic E-state index is 12.7. The monoisotopic (exact) mass is 340 g/mol. The quantitative estimate of drug-likeness (QED) is 0.262. The lowest BCUT2D eigenvalue weighted by molar-refractivity contribution is -0.384. The van der Waals surface area contributed by atoms with Gasteiger partial charge in [-0.25, -0.2) is 4.79 Å². The molecule has 0 heterocycles. The molecule has 0 spiro atoms. The van der Waals surface area contributed by atoms with Crippen LogP contribution in [0, 0.1) is 15.5 Å². The first kappa shape index (κ1) is 17.7. The van der Waals surface area contributed by atoms with Crippen LogP contribution in [0.3, 0.4) is 0 Å². The van der Waals surface area contributed by atoms with Crippen molar-refractivity contribution in [2.24, 2.45) is 0 Å². The van der Waals surface area contributed by atoms with Gasteiger partial charge in [0.1, 0.15) is 4.98 Å². The van der Waals surface area contributed by atoms with Gasteiger partial charge in [-0.15, -0.1) is 0 Å². The second-order valence-electron chi connectivity index (χ2n) is 4.99. The number of benzene rings is 2. The lowest BCUT2D eigenvalue weighted by Crippen LogP contribution is -2.16. The molecule has 2 rings (SSSR count). The number of hydrogen-bond acceptors (Lipinski definition) is 6. The van der Waals surface area contributed by atoms with Crippen LogP contribution in [0.2, 0.25) is 0 Å². The van der Waals surface area contributed by atoms with Gasteiger partial charge in [0.05, 0.1) is 17.1 Å². The Morgan fingerprint density at radius 2 is 1.84 bits per heavy atom. The number of esters is 1. The zero-order valence-electron chi connectivity index (χ0n) is 13.3. The second kappa shape index (κ2) is 7.79. The topological polar surface area (TPSA) is 115 Å². The highest BCUT2D eigenvalue weighted by Crippen LogP contribution is 2.26. The molecule has 126 valence electrons. The Morgan fingerprint density at radius 3 is 2.40 bits per heavy atom. The normalized spacial score (nSPS) is 11.2. The second-order valence-corrected chi connectivity index (χ2v) is 4.99. The number of non-ortho nitro benzene ring substituents is 1. The summed E-state index contributed by atoms with van der Waals surface area (Å²) in [6.07, 6.45) is 0. The Hall–Kier alpha value is -3.60. The molecule has 0 aliphatic rings. The average Bonchev–Trinajstić information content (AvgIpc) is 2.62. The number of ether oxygens (including phenoxy) is 1. The first-order chi connectivity index (χ1) is 12.0. The third-order valence-electron chi connectivity index (χ3n) is 3.47. The molecule has 0 N–H and O–H groups in total. The highest BCUT2D eigenvalue weighted by molar-refractivity contribution is 6.10. The van der Waals surface area contributed by atoms with Gasteiger partial charge in [-0.3, -0.25) is 14.9 Å². The molecule has 0 aliphatic carbocycles. The van der Waals surface area contributed by atoms with E-state index in [4.69, 9.17) is 4.74 Å². The Labute approximate surface area is 142 Å². The zero-order chi connectivity index (χ0) is 18.4. The molecule has 2 aromatic carbocycles. The molecule has 0 aromatic heterocycles. The van der Waals surface area contributed by atoms with E-state index in [1.807, 2.05) is 0 Å². The van der Waals surface area contributed by atoms with E-state index in [0.717, 1.165) is 0 Å². The summed E-state index contributed by atoms with van der Waals surface area (Å²) in [4.78, 5) is 37.8. The van der Waals surface area contributed by atoms with Crippen LogP contribution in [0.4, 0.5) is 5.69 Å². The van der Waals surface area contributed by atoms with Crippen LogP contribution < -0.4 is 0 Å². The van der Waals surface area contributed by atoms with Crippen LogP contribution in [0.5, 0.6) is 0 Å². The summed E-state index contributed by atoms with van der Waals surface area (Å²) in [5.41, 5.74) is 0.400. The fraction of sp³-hybridized carbons (Fsp3) is 0.176. The van der Waals surface area contributed by atoms with E-state index in [-0.39, 0.29) is 29.0 Å². The number of nitrogens with zero attached hydrogens (tertiary/aromatic N) is 3. The van der Waals surface area contributed by atoms with E-state index < -0.39 is 22.7 Å². The highest BCUT2D eigenvalue weighted by Gasteiger charge is 2.37. The fourth-order valence-corrected chi connectivity index (χ4v) is 2.29. The Morgan fingerprint density at radius 1 is 1.20 bits per heavy atom. The van der Waals surface area contributed by atoms with Gasteiger partial charge in [0.15, 0.2) is 5.78 Å². The number of rotatable bonds is 6. The molecule has 0 saturated carbocycles. The molecular formula is C17H14N3O5+. The molecule has 2 aromatic rings. The number of nitro groups is 1. The summed E-state index contributed by atoms with van der Waals surface area (Å²) >= 11 is 0. The summed E-state index contributed by atoms with van der Waals surface area (Å²) in [5.74, 6) is -1.24. The Bertz CT molecular complexity index is 855. The van der Waals surface area contributed by atoms with Crippen LogP contribution in [-0.2, 0) is 9.53 Å². The molecule has 0 fully saturated rings. The first-order valence-electron chi connectivity index (χ1n) is 7.38. The predicted molar refractivity (Wildman–Crippen MR) is 87.4 cm³/mol. The summed E-state index contributed by atoms with van der Waals surface area (Å²) in [7, 11) is 0. The third kappa shape index (κ3) is 3.84. The van der Waals surface area contributed by atoms with Crippen molar-refractivity contribution in [1.29, 1.82) is 5.39 Å². The maximum absolute atomic E-state index is 12.7. The van der Waals surface area contributed by atoms with Crippen molar-refractivity contribution in [3.63, 3.8) is 0 Å². The van der Waals surface area contributed by atoms with Crippen LogP contribution in [0.15, 0.2) is 48.5 Å². The van der Waals surface area contributed by atoms with Gasteiger partial charge in [0, 0.05) is 23.3 Å². The van der Waals surface area contributed by atoms with Gasteiger partial charge >= 0.3 is 12.0 Å². The smallest absolute Gasteiger partial charge is 0.433 e. The number of diazo groups is 1. The van der Waals surface area contributed by atoms with Crippen molar-refractivity contribution in [1.82, 2.24) is 0 Å². The van der Waals surface area contributed by atoms with E-state index in [0.29, 0.717) is 0 Å². The molecule has 25 heavy (non-hydrogen) atoms. The van der Waals surface area contributed by atoms with E-state index >= 15 is 0 Å². The van der Waals surface area contributed by atoms with Crippen molar-refractivity contribution in [2.45, 2.75) is 13.0 Å². The van der Waals surface area contributed by atoms with Crippen molar-refractivity contribution in [2.75, 3.05) is 6.61 Å². The molecule has 0 aliphatic heterocycles. The van der Waals surface area contributed by atoms with Crippen LogP contribution >= 0.6 is 0 Å². The average molecular weight is 340 g/mol. The van der Waals surface area contributed by atoms with Gasteiger partial charge < -0.3 is 4.74 Å². The molecular weight excluding hydrogens is 326 g/mol. The van der Waals surface area contributed by atoms with Crippen LogP contribution in [0.1, 0.15) is 34.5 Å². The lowest BCUT2D eigenvalue weighted by atomic mass is 9.94. The highest BCUT2D eigenvalue weighted by atomic mass is 16.6. The van der Waals surface area contributed by atoms with E-state index in [1.54, 1.807) is 19.1 Å². The van der Waals surface area contributed by atoms with Crippen LogP contribution in [-0.4, -0.2) is 23.3 Å². The summed E-state index contributed by atoms with van der Waals surface area (Å²) in [6.45, 7) is 1.71. The molecule has 1 atom stereocenters. The maximum Gasteiger partial charge on any atom is 0.433 e. The molecule has 0 saturated heterocycles. The standard InChI is InChI=1S/C17H14N3O5/c1-2-25-17(22)15(19-18)13-5-3-4-6-14(13)16(21)11-7-9-12(10-8-11)20(23)24/h3-10,15H,2H2,1H3/q+1. The van der Waals surface area contributed by atoms with E-state index in [9.17, 15) is 25.1 Å². The number of carbonyl (C=O) groups excluding carboxylic acids is 2. The van der Waals surface area contributed by atoms with Crippen molar-refractivity contribution >= 4 is 17.4 Å². The van der Waals surface area contributed by atoms with Crippen molar-refractivity contribution in [3.8, 4) is 0 Å².